The van der Waals surface area contributed by atoms with E-state index in [1.165, 1.54) is 44.7 Å². The van der Waals surface area contributed by atoms with Crippen molar-refractivity contribution in [2.24, 2.45) is 0 Å². The summed E-state index contributed by atoms with van der Waals surface area (Å²) in [5.74, 6) is 0. The van der Waals surface area contributed by atoms with Crippen LogP contribution < -0.4 is 0 Å². The zero-order valence-corrected chi connectivity index (χ0v) is 7.87. The summed E-state index contributed by atoms with van der Waals surface area (Å²) < 4.78 is 0. The van der Waals surface area contributed by atoms with Gasteiger partial charge in [-0.15, -0.1) is 0 Å². The third-order valence-electron chi connectivity index (χ3n) is 2.27. The highest BCUT2D eigenvalue weighted by Crippen LogP contribution is 2.31. The van der Waals surface area contributed by atoms with Crippen molar-refractivity contribution >= 4 is 8.58 Å². The van der Waals surface area contributed by atoms with Crippen LogP contribution in [0, 0.1) is 0 Å². The van der Waals surface area contributed by atoms with E-state index >= 15 is 0 Å². The van der Waals surface area contributed by atoms with Gasteiger partial charge < -0.3 is 0 Å². The summed E-state index contributed by atoms with van der Waals surface area (Å²) in [5.41, 5.74) is 1.06. The quantitative estimate of drug-likeness (QED) is 0.423. The first-order valence-corrected chi connectivity index (χ1v) is 5.75. The van der Waals surface area contributed by atoms with Gasteiger partial charge in [0.15, 0.2) is 0 Å². The molecule has 0 spiro atoms. The van der Waals surface area contributed by atoms with E-state index in [0.717, 1.165) is 5.66 Å². The molecular weight excluding hydrogens is 139 g/mol. The Bertz CT molecular complexity index is 72.8. The third kappa shape index (κ3) is 3.01. The van der Waals surface area contributed by atoms with E-state index in [1.54, 1.807) is 8.58 Å². The lowest BCUT2D eigenvalue weighted by Gasteiger charge is -2.10. The summed E-state index contributed by atoms with van der Waals surface area (Å²) in [4.78, 5) is 0. The molecule has 0 bridgehead atoms. The third-order valence-corrected chi connectivity index (χ3v) is 3.66. The fraction of sp³-hybridized carbons (Fsp3) is 1.00. The highest BCUT2D eigenvalue weighted by Gasteiger charge is 2.10. The second-order valence-corrected chi connectivity index (χ2v) is 4.87. The Hall–Kier alpha value is 0.430. The van der Waals surface area contributed by atoms with Crippen molar-refractivity contribution in [1.29, 1.82) is 0 Å². The molecule has 59 valence electrons. The number of hydrogen-bond donors (Lipinski definition) is 0. The van der Waals surface area contributed by atoms with E-state index in [9.17, 15) is 0 Å². The standard InChI is InChI=1S/C9H18P/c1-2-10-9-7-5-3-4-6-8-9/h9H,2-8H2,1H3. The summed E-state index contributed by atoms with van der Waals surface area (Å²) in [6.07, 6.45) is 10.4. The van der Waals surface area contributed by atoms with Crippen molar-refractivity contribution in [2.75, 3.05) is 6.16 Å². The van der Waals surface area contributed by atoms with Crippen LogP contribution in [0.5, 0.6) is 0 Å². The maximum absolute atomic E-state index is 2.30. The van der Waals surface area contributed by atoms with Gasteiger partial charge in [0.25, 0.3) is 0 Å². The summed E-state index contributed by atoms with van der Waals surface area (Å²) in [5, 5.41) is 0. The molecule has 0 N–H and O–H groups in total. The predicted molar refractivity (Wildman–Crippen MR) is 49.0 cm³/mol. The minimum absolute atomic E-state index is 1.06. The zero-order valence-electron chi connectivity index (χ0n) is 6.97. The van der Waals surface area contributed by atoms with Gasteiger partial charge in [0.1, 0.15) is 0 Å². The maximum atomic E-state index is 2.30. The van der Waals surface area contributed by atoms with Crippen LogP contribution in [0.3, 0.4) is 0 Å². The minimum atomic E-state index is 1.06. The fourth-order valence-corrected chi connectivity index (χ4v) is 2.95. The van der Waals surface area contributed by atoms with Crippen molar-refractivity contribution < 1.29 is 0 Å². The van der Waals surface area contributed by atoms with Crippen LogP contribution in [0.4, 0.5) is 0 Å². The van der Waals surface area contributed by atoms with E-state index < -0.39 is 0 Å². The molecule has 10 heavy (non-hydrogen) atoms. The van der Waals surface area contributed by atoms with Gasteiger partial charge in [0.2, 0.25) is 0 Å². The Morgan fingerprint density at radius 1 is 1.10 bits per heavy atom. The van der Waals surface area contributed by atoms with E-state index in [0.29, 0.717) is 0 Å². The molecule has 0 unspecified atom stereocenters. The molecule has 0 aromatic carbocycles. The van der Waals surface area contributed by atoms with Gasteiger partial charge >= 0.3 is 0 Å². The summed E-state index contributed by atoms with van der Waals surface area (Å²) >= 11 is 0. The first kappa shape index (κ1) is 8.53. The van der Waals surface area contributed by atoms with Crippen LogP contribution >= 0.6 is 8.58 Å². The Balaban J connectivity index is 2.15. The Kier molecular flexibility index (Phi) is 4.37. The van der Waals surface area contributed by atoms with Crippen LogP contribution in [0.1, 0.15) is 45.4 Å². The summed E-state index contributed by atoms with van der Waals surface area (Å²) in [6.45, 7) is 2.30. The molecule has 1 heteroatoms. The van der Waals surface area contributed by atoms with Crippen LogP contribution in [0.15, 0.2) is 0 Å². The minimum Gasteiger partial charge on any atom is -0.0778 e. The van der Waals surface area contributed by atoms with Crippen LogP contribution in [0.25, 0.3) is 0 Å². The Labute approximate surface area is 66.6 Å². The van der Waals surface area contributed by atoms with E-state index in [1.807, 2.05) is 0 Å². The molecule has 0 nitrogen and oxygen atoms in total. The largest absolute Gasteiger partial charge is 0.0778 e. The lowest BCUT2D eigenvalue weighted by atomic mass is 10.2. The number of rotatable bonds is 2. The molecule has 1 fully saturated rings. The molecule has 0 heterocycles. The molecule has 0 saturated heterocycles. The van der Waals surface area contributed by atoms with Crippen LogP contribution in [-0.4, -0.2) is 11.8 Å². The average Bonchev–Trinajstić information content (AvgIpc) is 2.17. The van der Waals surface area contributed by atoms with Gasteiger partial charge in [-0.25, -0.2) is 0 Å². The Morgan fingerprint density at radius 2 is 1.70 bits per heavy atom. The Morgan fingerprint density at radius 3 is 2.20 bits per heavy atom. The van der Waals surface area contributed by atoms with Gasteiger partial charge in [-0.2, -0.15) is 0 Å². The van der Waals surface area contributed by atoms with Crippen molar-refractivity contribution in [3.05, 3.63) is 0 Å². The SMILES string of the molecule is CC[P]C1CCCCCC1. The molecule has 1 aliphatic carbocycles. The predicted octanol–water partition coefficient (Wildman–Crippen LogP) is 3.68. The maximum Gasteiger partial charge on any atom is -0.0170 e. The molecule has 1 saturated carbocycles. The molecule has 0 atom stereocenters. The monoisotopic (exact) mass is 157 g/mol. The normalized spacial score (nSPS) is 23.7. The molecular formula is C9H18P. The summed E-state index contributed by atoms with van der Waals surface area (Å²) in [6, 6.07) is 0. The molecule has 0 amide bonds. The van der Waals surface area contributed by atoms with E-state index in [2.05, 4.69) is 6.92 Å². The first-order chi connectivity index (χ1) is 4.93. The topological polar surface area (TPSA) is 0 Å². The smallest absolute Gasteiger partial charge is 0.0170 e. The highest BCUT2D eigenvalue weighted by molar-refractivity contribution is 7.38. The van der Waals surface area contributed by atoms with Gasteiger partial charge in [-0.3, -0.25) is 0 Å². The fourth-order valence-electron chi connectivity index (χ4n) is 1.70. The molecule has 0 aliphatic heterocycles. The second kappa shape index (κ2) is 5.13. The van der Waals surface area contributed by atoms with Crippen molar-refractivity contribution in [3.63, 3.8) is 0 Å². The van der Waals surface area contributed by atoms with Crippen molar-refractivity contribution in [2.45, 2.75) is 51.1 Å². The molecule has 1 rings (SSSR count). The molecule has 1 radical (unpaired) electrons. The van der Waals surface area contributed by atoms with Crippen molar-refractivity contribution in [1.82, 2.24) is 0 Å². The first-order valence-electron chi connectivity index (χ1n) is 4.60. The molecule has 0 aromatic rings. The highest BCUT2D eigenvalue weighted by atomic mass is 31.1. The van der Waals surface area contributed by atoms with Gasteiger partial charge in [-0.1, -0.05) is 41.2 Å². The molecule has 0 aromatic heterocycles. The zero-order chi connectivity index (χ0) is 7.23. The van der Waals surface area contributed by atoms with Crippen LogP contribution in [0.2, 0.25) is 0 Å². The van der Waals surface area contributed by atoms with Gasteiger partial charge in [0.05, 0.1) is 0 Å². The second-order valence-electron chi connectivity index (χ2n) is 3.14. The average molecular weight is 157 g/mol. The van der Waals surface area contributed by atoms with Crippen LogP contribution in [-0.2, 0) is 0 Å². The van der Waals surface area contributed by atoms with Crippen molar-refractivity contribution in [3.8, 4) is 0 Å². The molecule has 1 aliphatic rings. The lowest BCUT2D eigenvalue weighted by Crippen LogP contribution is -1.97. The van der Waals surface area contributed by atoms with Gasteiger partial charge in [-0.05, 0) is 24.7 Å². The van der Waals surface area contributed by atoms with E-state index in [-0.39, 0.29) is 0 Å². The number of hydrogen-bond acceptors (Lipinski definition) is 0. The summed E-state index contributed by atoms with van der Waals surface area (Å²) in [7, 11) is 1.71. The lowest BCUT2D eigenvalue weighted by molar-refractivity contribution is 0.702. The van der Waals surface area contributed by atoms with Gasteiger partial charge in [0, 0.05) is 0 Å². The van der Waals surface area contributed by atoms with E-state index in [4.69, 9.17) is 0 Å².